The zero-order chi connectivity index (χ0) is 21.3. The van der Waals surface area contributed by atoms with Gasteiger partial charge in [-0.25, -0.2) is 15.0 Å². The van der Waals surface area contributed by atoms with Crippen LogP contribution in [0.1, 0.15) is 18.1 Å². The molecule has 0 amide bonds. The van der Waals surface area contributed by atoms with Crippen LogP contribution in [0.4, 0.5) is 5.95 Å². The Labute approximate surface area is 184 Å². The zero-order valence-electron chi connectivity index (χ0n) is 18.4. The SMILES string of the molecule is CCNC(=NCc1cccc(CN2CCOCC2)c1)N1CCN(c2ncccn2)CC1. The molecule has 0 saturated carbocycles. The van der Waals surface area contributed by atoms with Crippen molar-refractivity contribution in [2.24, 2.45) is 4.99 Å². The average molecular weight is 424 g/mol. The number of guanidine groups is 1. The van der Waals surface area contributed by atoms with Crippen LogP contribution in [-0.2, 0) is 17.8 Å². The topological polar surface area (TPSA) is 69.1 Å². The molecule has 0 radical (unpaired) electrons. The Hall–Kier alpha value is -2.71. The molecule has 1 aromatic heterocycles. The summed E-state index contributed by atoms with van der Waals surface area (Å²) in [5, 5.41) is 3.46. The maximum Gasteiger partial charge on any atom is 0.225 e. The molecule has 8 heteroatoms. The fraction of sp³-hybridized carbons (Fsp3) is 0.522. The van der Waals surface area contributed by atoms with Crippen molar-refractivity contribution in [2.45, 2.75) is 20.0 Å². The van der Waals surface area contributed by atoms with E-state index in [-0.39, 0.29) is 0 Å². The van der Waals surface area contributed by atoms with Gasteiger partial charge in [-0.2, -0.15) is 0 Å². The van der Waals surface area contributed by atoms with Gasteiger partial charge in [0.2, 0.25) is 5.95 Å². The van der Waals surface area contributed by atoms with E-state index in [2.05, 4.69) is 61.2 Å². The van der Waals surface area contributed by atoms with Crippen molar-refractivity contribution in [3.8, 4) is 0 Å². The quantitative estimate of drug-likeness (QED) is 0.559. The third-order valence-corrected chi connectivity index (χ3v) is 5.66. The largest absolute Gasteiger partial charge is 0.379 e. The Kier molecular flexibility index (Phi) is 7.68. The number of morpholine rings is 1. The third kappa shape index (κ3) is 6.15. The van der Waals surface area contributed by atoms with E-state index >= 15 is 0 Å². The molecule has 3 heterocycles. The van der Waals surface area contributed by atoms with Gasteiger partial charge in [0, 0.05) is 64.8 Å². The van der Waals surface area contributed by atoms with Crippen molar-refractivity contribution in [2.75, 3.05) is 63.9 Å². The second-order valence-electron chi connectivity index (χ2n) is 7.90. The van der Waals surface area contributed by atoms with Gasteiger partial charge >= 0.3 is 0 Å². The molecule has 0 bridgehead atoms. The monoisotopic (exact) mass is 423 g/mol. The van der Waals surface area contributed by atoms with Crippen molar-refractivity contribution in [3.05, 3.63) is 53.9 Å². The molecule has 31 heavy (non-hydrogen) atoms. The second kappa shape index (κ2) is 11.1. The number of rotatable bonds is 6. The molecular weight excluding hydrogens is 390 g/mol. The summed E-state index contributed by atoms with van der Waals surface area (Å²) >= 11 is 0. The number of hydrogen-bond donors (Lipinski definition) is 1. The lowest BCUT2D eigenvalue weighted by molar-refractivity contribution is 0.0342. The fourth-order valence-corrected chi connectivity index (χ4v) is 4.01. The van der Waals surface area contributed by atoms with Crippen LogP contribution in [0.5, 0.6) is 0 Å². The molecule has 2 fully saturated rings. The van der Waals surface area contributed by atoms with E-state index < -0.39 is 0 Å². The summed E-state index contributed by atoms with van der Waals surface area (Å²) in [6.45, 7) is 11.9. The van der Waals surface area contributed by atoms with Gasteiger partial charge in [-0.05, 0) is 24.1 Å². The molecule has 0 unspecified atom stereocenters. The lowest BCUT2D eigenvalue weighted by Crippen LogP contribution is -2.52. The highest BCUT2D eigenvalue weighted by molar-refractivity contribution is 5.80. The average Bonchev–Trinajstić information content (AvgIpc) is 2.83. The predicted molar refractivity (Wildman–Crippen MR) is 123 cm³/mol. The van der Waals surface area contributed by atoms with E-state index in [0.717, 1.165) is 77.5 Å². The maximum absolute atomic E-state index is 5.46. The molecule has 4 rings (SSSR count). The number of nitrogens with one attached hydrogen (secondary N) is 1. The van der Waals surface area contributed by atoms with Crippen LogP contribution in [0, 0.1) is 0 Å². The minimum atomic E-state index is 0.682. The first-order valence-corrected chi connectivity index (χ1v) is 11.2. The number of hydrogen-bond acceptors (Lipinski definition) is 6. The van der Waals surface area contributed by atoms with Crippen LogP contribution in [0.15, 0.2) is 47.7 Å². The predicted octanol–water partition coefficient (Wildman–Crippen LogP) is 1.60. The molecule has 2 aliphatic heterocycles. The maximum atomic E-state index is 5.46. The Morgan fingerprint density at radius 2 is 1.74 bits per heavy atom. The highest BCUT2D eigenvalue weighted by Crippen LogP contribution is 2.13. The van der Waals surface area contributed by atoms with Gasteiger partial charge in [-0.1, -0.05) is 24.3 Å². The first-order chi connectivity index (χ1) is 15.3. The van der Waals surface area contributed by atoms with Crippen molar-refractivity contribution < 1.29 is 4.74 Å². The highest BCUT2D eigenvalue weighted by Gasteiger charge is 2.21. The zero-order valence-corrected chi connectivity index (χ0v) is 18.4. The molecule has 2 aromatic rings. The molecule has 2 aliphatic rings. The minimum Gasteiger partial charge on any atom is -0.379 e. The first-order valence-electron chi connectivity index (χ1n) is 11.2. The van der Waals surface area contributed by atoms with Crippen molar-refractivity contribution in [3.63, 3.8) is 0 Å². The number of aliphatic imine (C=N–C) groups is 1. The third-order valence-electron chi connectivity index (χ3n) is 5.66. The van der Waals surface area contributed by atoms with Crippen LogP contribution in [0.3, 0.4) is 0 Å². The van der Waals surface area contributed by atoms with Crippen LogP contribution in [0.2, 0.25) is 0 Å². The molecule has 0 aliphatic carbocycles. The molecular formula is C23H33N7O. The van der Waals surface area contributed by atoms with Gasteiger partial charge in [0.1, 0.15) is 0 Å². The second-order valence-corrected chi connectivity index (χ2v) is 7.90. The Morgan fingerprint density at radius 3 is 2.48 bits per heavy atom. The molecule has 8 nitrogen and oxygen atoms in total. The summed E-state index contributed by atoms with van der Waals surface area (Å²) in [6, 6.07) is 10.7. The first kappa shape index (κ1) is 21.5. The summed E-state index contributed by atoms with van der Waals surface area (Å²) in [6.07, 6.45) is 3.60. The summed E-state index contributed by atoms with van der Waals surface area (Å²) in [7, 11) is 0. The van der Waals surface area contributed by atoms with E-state index in [1.165, 1.54) is 11.1 Å². The number of benzene rings is 1. The molecule has 0 atom stereocenters. The number of anilines is 1. The van der Waals surface area contributed by atoms with Crippen LogP contribution < -0.4 is 10.2 Å². The van der Waals surface area contributed by atoms with Crippen molar-refractivity contribution in [1.29, 1.82) is 0 Å². The molecule has 0 spiro atoms. The van der Waals surface area contributed by atoms with Gasteiger partial charge in [0.15, 0.2) is 5.96 Å². The van der Waals surface area contributed by atoms with E-state index in [1.807, 2.05) is 6.07 Å². The Balaban J connectivity index is 1.35. The summed E-state index contributed by atoms with van der Waals surface area (Å²) < 4.78 is 5.46. The van der Waals surface area contributed by atoms with Gasteiger partial charge in [0.05, 0.1) is 19.8 Å². The number of piperazine rings is 1. The summed E-state index contributed by atoms with van der Waals surface area (Å²) in [5.41, 5.74) is 2.59. The van der Waals surface area contributed by atoms with Crippen molar-refractivity contribution >= 4 is 11.9 Å². The molecule has 166 valence electrons. The molecule has 1 aromatic carbocycles. The number of nitrogens with zero attached hydrogens (tertiary/aromatic N) is 6. The van der Waals surface area contributed by atoms with E-state index in [4.69, 9.17) is 9.73 Å². The van der Waals surface area contributed by atoms with E-state index in [9.17, 15) is 0 Å². The van der Waals surface area contributed by atoms with Crippen LogP contribution in [-0.4, -0.2) is 84.8 Å². The summed E-state index contributed by atoms with van der Waals surface area (Å²) in [5.74, 6) is 1.79. The number of aromatic nitrogens is 2. The van der Waals surface area contributed by atoms with Gasteiger partial charge in [0.25, 0.3) is 0 Å². The van der Waals surface area contributed by atoms with Crippen LogP contribution >= 0.6 is 0 Å². The Morgan fingerprint density at radius 1 is 1.00 bits per heavy atom. The lowest BCUT2D eigenvalue weighted by Gasteiger charge is -2.36. The number of ether oxygens (including phenoxy) is 1. The fourth-order valence-electron chi connectivity index (χ4n) is 4.01. The highest BCUT2D eigenvalue weighted by atomic mass is 16.5. The van der Waals surface area contributed by atoms with E-state index in [1.54, 1.807) is 12.4 Å². The Bertz CT molecular complexity index is 831. The van der Waals surface area contributed by atoms with Gasteiger partial charge < -0.3 is 19.9 Å². The standard InChI is InChI=1S/C23H33N7O/c1-2-24-22(29-9-11-30(12-10-29)23-25-7-4-8-26-23)27-18-20-5-3-6-21(17-20)19-28-13-15-31-16-14-28/h3-8,17H,2,9-16,18-19H2,1H3,(H,24,27). The van der Waals surface area contributed by atoms with Crippen molar-refractivity contribution in [1.82, 2.24) is 25.1 Å². The van der Waals surface area contributed by atoms with Gasteiger partial charge in [-0.3, -0.25) is 4.90 Å². The summed E-state index contributed by atoms with van der Waals surface area (Å²) in [4.78, 5) is 20.7. The minimum absolute atomic E-state index is 0.682. The molecule has 1 N–H and O–H groups in total. The lowest BCUT2D eigenvalue weighted by atomic mass is 10.1. The van der Waals surface area contributed by atoms with Gasteiger partial charge in [-0.15, -0.1) is 0 Å². The molecule has 2 saturated heterocycles. The van der Waals surface area contributed by atoms with E-state index in [0.29, 0.717) is 6.54 Å². The van der Waals surface area contributed by atoms with Crippen LogP contribution in [0.25, 0.3) is 0 Å². The normalized spacial score (nSPS) is 18.3. The smallest absolute Gasteiger partial charge is 0.225 e.